The SMILES string of the molecule is C=CCN(CC=C)[SiH](c1ccccc1)c1ccccc1. The van der Waals surface area contributed by atoms with Crippen molar-refractivity contribution in [3.05, 3.63) is 86.0 Å². The van der Waals surface area contributed by atoms with Gasteiger partial charge in [-0.15, -0.1) is 13.2 Å². The average molecular weight is 279 g/mol. The molecule has 0 aliphatic carbocycles. The minimum absolute atomic E-state index is 0.896. The molecule has 20 heavy (non-hydrogen) atoms. The summed E-state index contributed by atoms with van der Waals surface area (Å²) in [5, 5.41) is 2.87. The zero-order valence-electron chi connectivity index (χ0n) is 11.8. The Labute approximate surface area is 123 Å². The number of hydrogen-bond donors (Lipinski definition) is 0. The summed E-state index contributed by atoms with van der Waals surface area (Å²) in [7, 11) is -1.41. The lowest BCUT2D eigenvalue weighted by molar-refractivity contribution is 0.542. The van der Waals surface area contributed by atoms with Gasteiger partial charge in [0.1, 0.15) is 0 Å². The lowest BCUT2D eigenvalue weighted by atomic mass is 10.4. The van der Waals surface area contributed by atoms with E-state index in [1.54, 1.807) is 0 Å². The van der Waals surface area contributed by atoms with E-state index in [-0.39, 0.29) is 0 Å². The molecule has 2 heteroatoms. The molecule has 0 radical (unpaired) electrons. The van der Waals surface area contributed by atoms with Crippen LogP contribution in [0.5, 0.6) is 0 Å². The van der Waals surface area contributed by atoms with E-state index in [9.17, 15) is 0 Å². The first-order valence-corrected chi connectivity index (χ1v) is 8.59. The highest BCUT2D eigenvalue weighted by Gasteiger charge is 2.22. The minimum atomic E-state index is -1.41. The lowest BCUT2D eigenvalue weighted by Gasteiger charge is -2.29. The smallest absolute Gasteiger partial charge is 0.176 e. The van der Waals surface area contributed by atoms with Crippen molar-refractivity contribution in [3.63, 3.8) is 0 Å². The van der Waals surface area contributed by atoms with E-state index >= 15 is 0 Å². The van der Waals surface area contributed by atoms with E-state index in [1.165, 1.54) is 10.4 Å². The van der Waals surface area contributed by atoms with E-state index in [4.69, 9.17) is 0 Å². The Morgan fingerprint density at radius 2 is 1.15 bits per heavy atom. The first-order chi connectivity index (χ1) is 9.86. The highest BCUT2D eigenvalue weighted by molar-refractivity contribution is 6.82. The maximum absolute atomic E-state index is 3.90. The molecule has 0 heterocycles. The van der Waals surface area contributed by atoms with Crippen LogP contribution in [0.2, 0.25) is 0 Å². The third kappa shape index (κ3) is 3.56. The van der Waals surface area contributed by atoms with Gasteiger partial charge in [0, 0.05) is 13.1 Å². The topological polar surface area (TPSA) is 3.24 Å². The van der Waals surface area contributed by atoms with Crippen LogP contribution in [-0.4, -0.2) is 26.6 Å². The Kier molecular flexibility index (Phi) is 5.53. The molecule has 1 nitrogen and oxygen atoms in total. The molecule has 2 aromatic rings. The van der Waals surface area contributed by atoms with Crippen LogP contribution < -0.4 is 10.4 Å². The molecule has 0 saturated heterocycles. The molecule has 0 aliphatic heterocycles. The summed E-state index contributed by atoms with van der Waals surface area (Å²) in [6.07, 6.45) is 3.96. The van der Waals surface area contributed by atoms with Gasteiger partial charge in [0.05, 0.1) is 0 Å². The van der Waals surface area contributed by atoms with Crippen molar-refractivity contribution in [2.75, 3.05) is 13.1 Å². The van der Waals surface area contributed by atoms with Gasteiger partial charge in [0.25, 0.3) is 0 Å². The summed E-state index contributed by atoms with van der Waals surface area (Å²) in [6, 6.07) is 21.6. The largest absolute Gasteiger partial charge is 0.312 e. The van der Waals surface area contributed by atoms with Gasteiger partial charge in [-0.25, -0.2) is 0 Å². The second-order valence-corrected chi connectivity index (χ2v) is 7.62. The van der Waals surface area contributed by atoms with Crippen molar-refractivity contribution in [2.45, 2.75) is 0 Å². The van der Waals surface area contributed by atoms with E-state index in [0.717, 1.165) is 13.1 Å². The molecule has 0 aliphatic rings. The normalized spacial score (nSPS) is 10.7. The van der Waals surface area contributed by atoms with Gasteiger partial charge in [0.2, 0.25) is 0 Å². The molecule has 102 valence electrons. The van der Waals surface area contributed by atoms with Crippen LogP contribution in [0.3, 0.4) is 0 Å². The quantitative estimate of drug-likeness (QED) is 0.555. The number of nitrogens with zero attached hydrogens (tertiary/aromatic N) is 1. The lowest BCUT2D eigenvalue weighted by Crippen LogP contribution is -2.56. The molecular formula is C18H21NSi. The summed E-state index contributed by atoms with van der Waals surface area (Å²) in [5.41, 5.74) is 0. The maximum Gasteiger partial charge on any atom is 0.176 e. The third-order valence-corrected chi connectivity index (χ3v) is 6.51. The molecule has 0 spiro atoms. The van der Waals surface area contributed by atoms with Crippen molar-refractivity contribution < 1.29 is 0 Å². The van der Waals surface area contributed by atoms with Gasteiger partial charge >= 0.3 is 0 Å². The van der Waals surface area contributed by atoms with Crippen LogP contribution >= 0.6 is 0 Å². The standard InChI is InChI=1S/C18H21NSi/c1-3-15-19(16-4-2)20(17-11-7-5-8-12-17)18-13-9-6-10-14-18/h3-14,20H,1-2,15-16H2. The van der Waals surface area contributed by atoms with Crippen LogP contribution in [-0.2, 0) is 0 Å². The Bertz CT molecular complexity index is 486. The highest BCUT2D eigenvalue weighted by Crippen LogP contribution is 2.00. The van der Waals surface area contributed by atoms with E-state index in [0.29, 0.717) is 0 Å². The van der Waals surface area contributed by atoms with Crippen molar-refractivity contribution in [2.24, 2.45) is 0 Å². The van der Waals surface area contributed by atoms with Crippen LogP contribution in [0, 0.1) is 0 Å². The number of hydrogen-bond acceptors (Lipinski definition) is 1. The molecule has 0 aromatic heterocycles. The Morgan fingerprint density at radius 3 is 1.50 bits per heavy atom. The zero-order valence-corrected chi connectivity index (χ0v) is 12.9. The van der Waals surface area contributed by atoms with Gasteiger partial charge in [-0.05, 0) is 10.4 Å². The van der Waals surface area contributed by atoms with Crippen LogP contribution in [0.25, 0.3) is 0 Å². The second-order valence-electron chi connectivity index (χ2n) is 4.76. The van der Waals surface area contributed by atoms with E-state index in [1.807, 2.05) is 12.2 Å². The van der Waals surface area contributed by atoms with Gasteiger partial charge in [0.15, 0.2) is 8.96 Å². The number of benzene rings is 2. The van der Waals surface area contributed by atoms with Gasteiger partial charge in [-0.2, -0.15) is 0 Å². The predicted octanol–water partition coefficient (Wildman–Crippen LogP) is 2.20. The van der Waals surface area contributed by atoms with Crippen molar-refractivity contribution >= 4 is 19.3 Å². The van der Waals surface area contributed by atoms with Crippen LogP contribution in [0.4, 0.5) is 0 Å². The molecule has 0 bridgehead atoms. The van der Waals surface area contributed by atoms with Gasteiger partial charge in [-0.1, -0.05) is 72.8 Å². The maximum atomic E-state index is 3.90. The Balaban J connectivity index is 2.42. The molecule has 0 atom stereocenters. The molecule has 0 unspecified atom stereocenters. The number of rotatable bonds is 7. The van der Waals surface area contributed by atoms with Crippen LogP contribution in [0.15, 0.2) is 86.0 Å². The summed E-state index contributed by atoms with van der Waals surface area (Å²) < 4.78 is 2.50. The summed E-state index contributed by atoms with van der Waals surface area (Å²) in [4.78, 5) is 0. The van der Waals surface area contributed by atoms with Crippen molar-refractivity contribution in [3.8, 4) is 0 Å². The first-order valence-electron chi connectivity index (χ1n) is 6.92. The van der Waals surface area contributed by atoms with E-state index in [2.05, 4.69) is 78.4 Å². The average Bonchev–Trinajstić information content (AvgIpc) is 2.50. The molecule has 0 amide bonds. The summed E-state index contributed by atoms with van der Waals surface area (Å²) in [6.45, 7) is 9.59. The van der Waals surface area contributed by atoms with Crippen molar-refractivity contribution in [1.29, 1.82) is 0 Å². The predicted molar refractivity (Wildman–Crippen MR) is 91.3 cm³/mol. The van der Waals surface area contributed by atoms with Crippen LogP contribution in [0.1, 0.15) is 0 Å². The van der Waals surface area contributed by atoms with Gasteiger partial charge in [-0.3, -0.25) is 0 Å². The fourth-order valence-corrected chi connectivity index (χ4v) is 5.62. The minimum Gasteiger partial charge on any atom is -0.312 e. The third-order valence-electron chi connectivity index (χ3n) is 3.32. The first kappa shape index (κ1) is 14.5. The van der Waals surface area contributed by atoms with E-state index < -0.39 is 8.96 Å². The Morgan fingerprint density at radius 1 is 0.750 bits per heavy atom. The fraction of sp³-hybridized carbons (Fsp3) is 0.111. The zero-order chi connectivity index (χ0) is 14.2. The highest BCUT2D eigenvalue weighted by atomic mass is 28.3. The molecule has 2 aromatic carbocycles. The second kappa shape index (κ2) is 7.63. The van der Waals surface area contributed by atoms with Crippen molar-refractivity contribution in [1.82, 2.24) is 4.57 Å². The molecule has 0 fully saturated rings. The fourth-order valence-electron chi connectivity index (χ4n) is 2.50. The molecule has 0 N–H and O–H groups in total. The molecule has 2 rings (SSSR count). The monoisotopic (exact) mass is 279 g/mol. The summed E-state index contributed by atoms with van der Waals surface area (Å²) in [5.74, 6) is 0. The summed E-state index contributed by atoms with van der Waals surface area (Å²) >= 11 is 0. The molecule has 0 saturated carbocycles. The Hall–Kier alpha value is -1.90. The van der Waals surface area contributed by atoms with Gasteiger partial charge < -0.3 is 4.57 Å². The molecular weight excluding hydrogens is 258 g/mol.